The minimum atomic E-state index is -0.131. The number of amides is 1. The molecule has 3 heteroatoms. The van der Waals surface area contributed by atoms with Crippen LogP contribution in [0.4, 0.5) is 5.69 Å². The second kappa shape index (κ2) is 5.65. The Hall–Kier alpha value is -2.16. The molecule has 0 aliphatic heterocycles. The number of carbonyl (C=O) groups is 1. The van der Waals surface area contributed by atoms with Crippen LogP contribution in [-0.2, 0) is 0 Å². The van der Waals surface area contributed by atoms with Crippen LogP contribution in [0.2, 0.25) is 0 Å². The highest BCUT2D eigenvalue weighted by Crippen LogP contribution is 2.19. The molecule has 0 bridgehead atoms. The van der Waals surface area contributed by atoms with Crippen molar-refractivity contribution in [3.05, 3.63) is 59.4 Å². The number of pyridine rings is 1. The predicted molar refractivity (Wildman–Crippen MR) is 77.5 cm³/mol. The van der Waals surface area contributed by atoms with E-state index in [-0.39, 0.29) is 5.91 Å². The summed E-state index contributed by atoms with van der Waals surface area (Å²) in [5.41, 5.74) is 3.50. The monoisotopic (exact) mass is 254 g/mol. The number of nitrogens with one attached hydrogen (secondary N) is 1. The van der Waals surface area contributed by atoms with Crippen molar-refractivity contribution < 1.29 is 4.79 Å². The lowest BCUT2D eigenvalue weighted by Gasteiger charge is -2.09. The largest absolute Gasteiger partial charge is 0.322 e. The number of hydrogen-bond donors (Lipinski definition) is 1. The van der Waals surface area contributed by atoms with Gasteiger partial charge in [0.05, 0.1) is 5.56 Å². The van der Waals surface area contributed by atoms with E-state index in [1.54, 1.807) is 12.3 Å². The van der Waals surface area contributed by atoms with E-state index in [1.165, 1.54) is 5.56 Å². The summed E-state index contributed by atoms with van der Waals surface area (Å²) in [7, 11) is 0. The number of anilines is 1. The number of benzene rings is 1. The van der Waals surface area contributed by atoms with Crippen LogP contribution in [0.25, 0.3) is 0 Å². The third-order valence-corrected chi connectivity index (χ3v) is 2.98. The van der Waals surface area contributed by atoms with Crippen molar-refractivity contribution >= 4 is 11.6 Å². The van der Waals surface area contributed by atoms with Crippen LogP contribution in [0.5, 0.6) is 0 Å². The Bertz CT molecular complexity index is 574. The number of aryl methyl sites for hydroxylation is 1. The second-order valence-electron chi connectivity index (χ2n) is 4.92. The number of nitrogens with zero attached hydrogens (tertiary/aromatic N) is 1. The lowest BCUT2D eigenvalue weighted by Crippen LogP contribution is -2.12. The first-order chi connectivity index (χ1) is 9.06. The summed E-state index contributed by atoms with van der Waals surface area (Å²) in [6.07, 6.45) is 1.59. The zero-order valence-corrected chi connectivity index (χ0v) is 11.5. The van der Waals surface area contributed by atoms with Crippen LogP contribution in [0.1, 0.15) is 41.4 Å². The summed E-state index contributed by atoms with van der Waals surface area (Å²) < 4.78 is 0. The van der Waals surface area contributed by atoms with Crippen LogP contribution in [0.15, 0.2) is 42.6 Å². The van der Waals surface area contributed by atoms with Crippen molar-refractivity contribution in [1.29, 1.82) is 0 Å². The van der Waals surface area contributed by atoms with Gasteiger partial charge in [-0.1, -0.05) is 26.0 Å². The standard InChI is InChI=1S/C16H18N2O/c1-11(2)13-5-4-6-15(9-13)18-16(19)14-8-7-12(3)17-10-14/h4-11H,1-3H3,(H,18,19). The van der Waals surface area contributed by atoms with E-state index in [2.05, 4.69) is 30.2 Å². The lowest BCUT2D eigenvalue weighted by molar-refractivity contribution is 0.102. The highest BCUT2D eigenvalue weighted by molar-refractivity contribution is 6.04. The Morgan fingerprint density at radius 3 is 2.63 bits per heavy atom. The molecule has 2 aromatic rings. The molecule has 0 saturated heterocycles. The van der Waals surface area contributed by atoms with Crippen molar-refractivity contribution in [1.82, 2.24) is 4.98 Å². The van der Waals surface area contributed by atoms with E-state index in [1.807, 2.05) is 31.2 Å². The molecule has 0 spiro atoms. The lowest BCUT2D eigenvalue weighted by atomic mass is 10.0. The molecule has 0 fully saturated rings. The highest BCUT2D eigenvalue weighted by Gasteiger charge is 2.07. The molecular weight excluding hydrogens is 236 g/mol. The average Bonchev–Trinajstić information content (AvgIpc) is 2.39. The van der Waals surface area contributed by atoms with Gasteiger partial charge < -0.3 is 5.32 Å². The van der Waals surface area contributed by atoms with E-state index in [4.69, 9.17) is 0 Å². The van der Waals surface area contributed by atoms with E-state index < -0.39 is 0 Å². The fourth-order valence-electron chi connectivity index (χ4n) is 1.78. The number of hydrogen-bond acceptors (Lipinski definition) is 2. The summed E-state index contributed by atoms with van der Waals surface area (Å²) in [5.74, 6) is 0.311. The molecule has 1 aromatic heterocycles. The van der Waals surface area contributed by atoms with E-state index in [0.29, 0.717) is 11.5 Å². The van der Waals surface area contributed by atoms with Gasteiger partial charge in [0.15, 0.2) is 0 Å². The SMILES string of the molecule is Cc1ccc(C(=O)Nc2cccc(C(C)C)c2)cn1. The van der Waals surface area contributed by atoms with Gasteiger partial charge >= 0.3 is 0 Å². The zero-order chi connectivity index (χ0) is 13.8. The Kier molecular flexibility index (Phi) is 3.95. The smallest absolute Gasteiger partial charge is 0.257 e. The first-order valence-electron chi connectivity index (χ1n) is 6.40. The maximum Gasteiger partial charge on any atom is 0.257 e. The zero-order valence-electron chi connectivity index (χ0n) is 11.5. The quantitative estimate of drug-likeness (QED) is 0.906. The molecule has 0 atom stereocenters. The molecule has 1 N–H and O–H groups in total. The topological polar surface area (TPSA) is 42.0 Å². The fraction of sp³-hybridized carbons (Fsp3) is 0.250. The predicted octanol–water partition coefficient (Wildman–Crippen LogP) is 3.77. The van der Waals surface area contributed by atoms with Gasteiger partial charge in [0.25, 0.3) is 5.91 Å². The molecule has 1 amide bonds. The second-order valence-corrected chi connectivity index (χ2v) is 4.92. The number of rotatable bonds is 3. The first-order valence-corrected chi connectivity index (χ1v) is 6.40. The Morgan fingerprint density at radius 2 is 2.00 bits per heavy atom. The van der Waals surface area contributed by atoms with Crippen LogP contribution in [0.3, 0.4) is 0 Å². The highest BCUT2D eigenvalue weighted by atomic mass is 16.1. The van der Waals surface area contributed by atoms with Gasteiger partial charge in [-0.25, -0.2) is 0 Å². The maximum atomic E-state index is 12.1. The third-order valence-electron chi connectivity index (χ3n) is 2.98. The molecule has 3 nitrogen and oxygen atoms in total. The Labute approximate surface area is 113 Å². The summed E-state index contributed by atoms with van der Waals surface area (Å²) in [6.45, 7) is 6.16. The van der Waals surface area contributed by atoms with E-state index in [0.717, 1.165) is 11.4 Å². The van der Waals surface area contributed by atoms with Gasteiger partial charge in [0, 0.05) is 17.6 Å². The van der Waals surface area contributed by atoms with Gasteiger partial charge in [0.1, 0.15) is 0 Å². The number of aromatic nitrogens is 1. The molecule has 1 aromatic carbocycles. The van der Waals surface area contributed by atoms with Gasteiger partial charge in [0.2, 0.25) is 0 Å². The van der Waals surface area contributed by atoms with Crippen molar-refractivity contribution in [3.8, 4) is 0 Å². The number of carbonyl (C=O) groups excluding carboxylic acids is 1. The van der Waals surface area contributed by atoms with Crippen LogP contribution < -0.4 is 5.32 Å². The molecule has 0 aliphatic carbocycles. The average molecular weight is 254 g/mol. The van der Waals surface area contributed by atoms with Crippen molar-refractivity contribution in [2.24, 2.45) is 0 Å². The summed E-state index contributed by atoms with van der Waals surface area (Å²) in [6, 6.07) is 11.5. The molecular formula is C16H18N2O. The summed E-state index contributed by atoms with van der Waals surface area (Å²) >= 11 is 0. The molecule has 98 valence electrons. The van der Waals surface area contributed by atoms with Gasteiger partial charge in [-0.2, -0.15) is 0 Å². The fourth-order valence-corrected chi connectivity index (χ4v) is 1.78. The van der Waals surface area contributed by atoms with Crippen LogP contribution in [0, 0.1) is 6.92 Å². The minimum Gasteiger partial charge on any atom is -0.322 e. The van der Waals surface area contributed by atoms with E-state index >= 15 is 0 Å². The third kappa shape index (κ3) is 3.41. The van der Waals surface area contributed by atoms with Crippen LogP contribution in [-0.4, -0.2) is 10.9 Å². The van der Waals surface area contributed by atoms with Gasteiger partial charge in [-0.15, -0.1) is 0 Å². The molecule has 0 unspecified atom stereocenters. The molecule has 0 saturated carbocycles. The van der Waals surface area contributed by atoms with Gasteiger partial charge in [-0.3, -0.25) is 9.78 Å². The molecule has 1 heterocycles. The normalized spacial score (nSPS) is 10.5. The van der Waals surface area contributed by atoms with Crippen molar-refractivity contribution in [2.75, 3.05) is 5.32 Å². The van der Waals surface area contributed by atoms with Crippen LogP contribution >= 0.6 is 0 Å². The Balaban J connectivity index is 2.14. The minimum absolute atomic E-state index is 0.131. The summed E-state index contributed by atoms with van der Waals surface area (Å²) in [5, 5.41) is 2.89. The molecule has 2 rings (SSSR count). The van der Waals surface area contributed by atoms with Crippen molar-refractivity contribution in [2.45, 2.75) is 26.7 Å². The van der Waals surface area contributed by atoms with Gasteiger partial charge in [-0.05, 0) is 42.7 Å². The molecule has 0 radical (unpaired) electrons. The maximum absolute atomic E-state index is 12.1. The van der Waals surface area contributed by atoms with Crippen molar-refractivity contribution in [3.63, 3.8) is 0 Å². The Morgan fingerprint density at radius 1 is 1.21 bits per heavy atom. The first kappa shape index (κ1) is 13.3. The van der Waals surface area contributed by atoms with E-state index in [9.17, 15) is 4.79 Å². The molecule has 19 heavy (non-hydrogen) atoms. The summed E-state index contributed by atoms with van der Waals surface area (Å²) in [4.78, 5) is 16.2. The molecule has 0 aliphatic rings.